The number of aryl methyl sites for hydroxylation is 1. The number of carbonyl (C=O) groups is 1. The molecule has 0 saturated heterocycles. The van der Waals surface area contributed by atoms with Gasteiger partial charge in [0.05, 0.1) is 11.3 Å². The minimum absolute atomic E-state index is 0.0280. The summed E-state index contributed by atoms with van der Waals surface area (Å²) < 4.78 is 0. The highest BCUT2D eigenvalue weighted by atomic mass is 32.1. The van der Waals surface area contributed by atoms with Gasteiger partial charge in [-0.1, -0.05) is 11.3 Å². The summed E-state index contributed by atoms with van der Waals surface area (Å²) in [5.74, 6) is -1.27. The van der Waals surface area contributed by atoms with Crippen LogP contribution in [-0.4, -0.2) is 40.5 Å². The molecule has 9 heteroatoms. The van der Waals surface area contributed by atoms with Crippen molar-refractivity contribution < 1.29 is 15.0 Å². The molecular weight excluding hydrogens is 294 g/mol. The Morgan fingerprint density at radius 1 is 1.29 bits per heavy atom. The number of phenols is 1. The lowest BCUT2D eigenvalue weighted by Crippen LogP contribution is -2.13. The number of aromatic carboxylic acids is 1. The predicted molar refractivity (Wildman–Crippen MR) is 78.2 cm³/mol. The van der Waals surface area contributed by atoms with Crippen LogP contribution in [0.4, 0.5) is 16.5 Å². The van der Waals surface area contributed by atoms with E-state index in [9.17, 15) is 15.0 Å². The molecule has 0 fully saturated rings. The lowest BCUT2D eigenvalue weighted by Gasteiger charge is -2.16. The lowest BCUT2D eigenvalue weighted by molar-refractivity contribution is 0.0697. The molecule has 0 amide bonds. The summed E-state index contributed by atoms with van der Waals surface area (Å²) in [6.45, 7) is 1.78. The van der Waals surface area contributed by atoms with Crippen LogP contribution in [0.1, 0.15) is 15.4 Å². The molecule has 1 heterocycles. The highest BCUT2D eigenvalue weighted by Crippen LogP contribution is 2.35. The molecule has 0 aliphatic rings. The minimum atomic E-state index is -1.11. The smallest absolute Gasteiger partial charge is 0.337 e. The van der Waals surface area contributed by atoms with Gasteiger partial charge in [0.25, 0.3) is 5.13 Å². The van der Waals surface area contributed by atoms with Crippen LogP contribution in [0.2, 0.25) is 0 Å². The molecule has 1 aromatic heterocycles. The standard InChI is InChI=1S/C12H13N5O3S/c1-6-13-15-12(21-6)16-14-8-4-7(11(19)20)9(17(2)3)5-10(8)18/h4-5,18H,1-3H3,(H,19,20). The average molecular weight is 307 g/mol. The zero-order chi connectivity index (χ0) is 15.6. The van der Waals surface area contributed by atoms with Crippen molar-refractivity contribution in [2.75, 3.05) is 19.0 Å². The van der Waals surface area contributed by atoms with Gasteiger partial charge in [0.15, 0.2) is 0 Å². The minimum Gasteiger partial charge on any atom is -0.506 e. The summed E-state index contributed by atoms with van der Waals surface area (Å²) in [5.41, 5.74) is 0.469. The van der Waals surface area contributed by atoms with E-state index >= 15 is 0 Å². The maximum atomic E-state index is 11.3. The molecule has 0 unspecified atom stereocenters. The molecule has 0 atom stereocenters. The van der Waals surface area contributed by atoms with Crippen LogP contribution in [-0.2, 0) is 0 Å². The number of phenolic OH excluding ortho intramolecular Hbond substituents is 1. The number of carboxylic acids is 1. The van der Waals surface area contributed by atoms with Crippen molar-refractivity contribution in [2.45, 2.75) is 6.92 Å². The van der Waals surface area contributed by atoms with Gasteiger partial charge in [-0.2, -0.15) is 0 Å². The zero-order valence-electron chi connectivity index (χ0n) is 11.6. The maximum Gasteiger partial charge on any atom is 0.337 e. The van der Waals surface area contributed by atoms with Crippen molar-refractivity contribution in [3.63, 3.8) is 0 Å². The second-order valence-electron chi connectivity index (χ2n) is 4.36. The van der Waals surface area contributed by atoms with Gasteiger partial charge in [-0.15, -0.1) is 20.4 Å². The van der Waals surface area contributed by atoms with E-state index in [1.807, 2.05) is 0 Å². The number of hydrogen-bond acceptors (Lipinski definition) is 8. The van der Waals surface area contributed by atoms with E-state index in [-0.39, 0.29) is 17.0 Å². The number of rotatable bonds is 4. The van der Waals surface area contributed by atoms with Gasteiger partial charge < -0.3 is 15.1 Å². The van der Waals surface area contributed by atoms with Crippen molar-refractivity contribution in [3.05, 3.63) is 22.7 Å². The molecule has 0 spiro atoms. The molecular formula is C12H13N5O3S. The highest BCUT2D eigenvalue weighted by molar-refractivity contribution is 7.14. The van der Waals surface area contributed by atoms with Crippen molar-refractivity contribution in [1.82, 2.24) is 10.2 Å². The third kappa shape index (κ3) is 3.31. The highest BCUT2D eigenvalue weighted by Gasteiger charge is 2.16. The zero-order valence-corrected chi connectivity index (χ0v) is 12.4. The SMILES string of the molecule is Cc1nnc(N=Nc2cc(C(=O)O)c(N(C)C)cc2O)s1. The largest absolute Gasteiger partial charge is 0.506 e. The summed E-state index contributed by atoms with van der Waals surface area (Å²) in [5, 5.41) is 35.4. The van der Waals surface area contributed by atoms with Gasteiger partial charge in [0, 0.05) is 20.2 Å². The van der Waals surface area contributed by atoms with Crippen molar-refractivity contribution in [1.29, 1.82) is 0 Å². The van der Waals surface area contributed by atoms with Crippen molar-refractivity contribution in [3.8, 4) is 5.75 Å². The van der Waals surface area contributed by atoms with Crippen molar-refractivity contribution >= 4 is 33.8 Å². The first-order valence-electron chi connectivity index (χ1n) is 5.88. The maximum absolute atomic E-state index is 11.3. The summed E-state index contributed by atoms with van der Waals surface area (Å²) in [6.07, 6.45) is 0. The molecule has 110 valence electrons. The first-order chi connectivity index (χ1) is 9.88. The van der Waals surface area contributed by atoms with Crippen LogP contribution >= 0.6 is 11.3 Å². The van der Waals surface area contributed by atoms with Crippen LogP contribution in [0.15, 0.2) is 22.4 Å². The molecule has 0 aliphatic carbocycles. The Morgan fingerprint density at radius 3 is 2.52 bits per heavy atom. The molecule has 8 nitrogen and oxygen atoms in total. The number of anilines is 1. The Kier molecular flexibility index (Phi) is 4.13. The number of nitrogens with zero attached hydrogens (tertiary/aromatic N) is 5. The van der Waals surface area contributed by atoms with E-state index in [1.165, 1.54) is 23.5 Å². The number of azo groups is 1. The van der Waals surface area contributed by atoms with E-state index < -0.39 is 5.97 Å². The van der Waals surface area contributed by atoms with E-state index in [4.69, 9.17) is 0 Å². The molecule has 0 saturated carbocycles. The second kappa shape index (κ2) is 5.83. The first-order valence-corrected chi connectivity index (χ1v) is 6.69. The van der Waals surface area contributed by atoms with E-state index in [0.29, 0.717) is 10.8 Å². The number of hydrogen-bond donors (Lipinski definition) is 2. The van der Waals surface area contributed by atoms with Crippen molar-refractivity contribution in [2.24, 2.45) is 10.2 Å². The molecule has 2 aromatic rings. The fourth-order valence-corrected chi connectivity index (χ4v) is 2.12. The first kappa shape index (κ1) is 14.9. The van der Waals surface area contributed by atoms with Gasteiger partial charge in [-0.05, 0) is 13.0 Å². The predicted octanol–water partition coefficient (Wildman–Crippen LogP) is 2.73. The summed E-state index contributed by atoms with van der Waals surface area (Å²) in [4.78, 5) is 12.9. The molecule has 0 radical (unpaired) electrons. The summed E-state index contributed by atoms with van der Waals surface area (Å²) in [6, 6.07) is 2.60. The Labute approximate surface area is 124 Å². The lowest BCUT2D eigenvalue weighted by atomic mass is 10.1. The fraction of sp³-hybridized carbons (Fsp3) is 0.250. The summed E-state index contributed by atoms with van der Waals surface area (Å²) >= 11 is 1.24. The van der Waals surface area contributed by atoms with Crippen LogP contribution in [0, 0.1) is 6.92 Å². The molecule has 21 heavy (non-hydrogen) atoms. The molecule has 0 aliphatic heterocycles. The van der Waals surface area contributed by atoms with Crippen LogP contribution in [0.25, 0.3) is 0 Å². The van der Waals surface area contributed by atoms with E-state index in [1.54, 1.807) is 25.9 Å². The average Bonchev–Trinajstić information content (AvgIpc) is 2.82. The number of aromatic hydroxyl groups is 1. The Bertz CT molecular complexity index is 711. The van der Waals surface area contributed by atoms with Crippen LogP contribution in [0.3, 0.4) is 0 Å². The topological polar surface area (TPSA) is 111 Å². The second-order valence-corrected chi connectivity index (χ2v) is 5.52. The molecule has 1 aromatic carbocycles. The van der Waals surface area contributed by atoms with Gasteiger partial charge in [-0.3, -0.25) is 0 Å². The molecule has 2 N–H and O–H groups in total. The fourth-order valence-electron chi connectivity index (χ4n) is 1.61. The monoisotopic (exact) mass is 307 g/mol. The van der Waals surface area contributed by atoms with Gasteiger partial charge >= 0.3 is 5.97 Å². The van der Waals surface area contributed by atoms with E-state index in [2.05, 4.69) is 20.4 Å². The third-order valence-electron chi connectivity index (χ3n) is 2.56. The summed E-state index contributed by atoms with van der Waals surface area (Å²) in [7, 11) is 3.37. The Hall–Kier alpha value is -2.55. The van der Waals surface area contributed by atoms with Gasteiger partial charge in [0.2, 0.25) is 0 Å². The Balaban J connectivity index is 2.42. The van der Waals surface area contributed by atoms with Gasteiger partial charge in [-0.25, -0.2) is 4.79 Å². The quantitative estimate of drug-likeness (QED) is 0.840. The number of carboxylic acid groups (broad SMARTS) is 1. The van der Waals surface area contributed by atoms with Crippen LogP contribution < -0.4 is 4.90 Å². The van der Waals surface area contributed by atoms with Crippen LogP contribution in [0.5, 0.6) is 5.75 Å². The molecule has 2 rings (SSSR count). The normalized spacial score (nSPS) is 11.0. The number of benzene rings is 1. The van der Waals surface area contributed by atoms with Gasteiger partial charge in [0.1, 0.15) is 16.4 Å². The Morgan fingerprint density at radius 2 is 2.00 bits per heavy atom. The van der Waals surface area contributed by atoms with E-state index in [0.717, 1.165) is 5.01 Å². The third-order valence-corrected chi connectivity index (χ3v) is 3.29. The molecule has 0 bridgehead atoms. The number of aromatic nitrogens is 2.